The first-order valence-electron chi connectivity index (χ1n) is 12.4. The van der Waals surface area contributed by atoms with Gasteiger partial charge in [0.25, 0.3) is 0 Å². The van der Waals surface area contributed by atoms with Gasteiger partial charge in [0, 0.05) is 25.2 Å². The van der Waals surface area contributed by atoms with Crippen molar-refractivity contribution in [1.29, 1.82) is 5.26 Å². The summed E-state index contributed by atoms with van der Waals surface area (Å²) in [6.45, 7) is 1.44. The van der Waals surface area contributed by atoms with Crippen molar-refractivity contribution in [2.75, 3.05) is 19.7 Å². The molecule has 5 rings (SSSR count). The van der Waals surface area contributed by atoms with Crippen LogP contribution in [0.1, 0.15) is 60.8 Å². The second kappa shape index (κ2) is 10.2. The summed E-state index contributed by atoms with van der Waals surface area (Å²) < 4.78 is 32.1. The molecular weight excluding hydrogens is 466 g/mol. The summed E-state index contributed by atoms with van der Waals surface area (Å²) in [6, 6.07) is 12.4. The standard InChI is InChI=1S/C27H28F2N4O3/c28-23-10-7-18(13-24(23)29)25-16-36-27(35)33(25)26(34)31-20-11-12-32(15-20)21-8-5-17(6-9-21)22-4-2-1-3-19(22)14-30/h1-4,7,10,13,17,20-21,25H,5-6,8-9,11-12,15-16H2,(H,31,34)/t17?,20?,21?,25-/m1/s1. The first-order chi connectivity index (χ1) is 17.4. The maximum absolute atomic E-state index is 13.7. The second-order valence-electron chi connectivity index (χ2n) is 9.77. The van der Waals surface area contributed by atoms with Gasteiger partial charge in [0.2, 0.25) is 0 Å². The normalized spacial score (nSPS) is 26.5. The number of nitrogens with one attached hydrogen (secondary N) is 1. The number of hydrogen-bond acceptors (Lipinski definition) is 5. The number of rotatable bonds is 4. The van der Waals surface area contributed by atoms with Crippen molar-refractivity contribution >= 4 is 12.1 Å². The third-order valence-corrected chi connectivity index (χ3v) is 7.70. The molecule has 2 aliphatic heterocycles. The van der Waals surface area contributed by atoms with Crippen LogP contribution in [0.4, 0.5) is 18.4 Å². The Morgan fingerprint density at radius 1 is 1.06 bits per heavy atom. The number of likely N-dealkylation sites (tertiary alicyclic amines) is 1. The molecule has 3 aliphatic rings. The van der Waals surface area contributed by atoms with Crippen molar-refractivity contribution in [3.8, 4) is 6.07 Å². The summed E-state index contributed by atoms with van der Waals surface area (Å²) in [7, 11) is 0. The molecule has 0 aromatic heterocycles. The number of cyclic esters (lactones) is 1. The van der Waals surface area contributed by atoms with Crippen LogP contribution in [0.2, 0.25) is 0 Å². The fraction of sp³-hybridized carbons (Fsp3) is 0.444. The van der Waals surface area contributed by atoms with Crippen LogP contribution in [-0.4, -0.2) is 53.7 Å². The van der Waals surface area contributed by atoms with Gasteiger partial charge in [-0.3, -0.25) is 4.90 Å². The van der Waals surface area contributed by atoms with E-state index in [9.17, 15) is 23.6 Å². The van der Waals surface area contributed by atoms with Crippen LogP contribution < -0.4 is 5.32 Å². The smallest absolute Gasteiger partial charge is 0.418 e. The van der Waals surface area contributed by atoms with E-state index in [0.29, 0.717) is 24.1 Å². The van der Waals surface area contributed by atoms with Gasteiger partial charge in [0.1, 0.15) is 12.6 Å². The van der Waals surface area contributed by atoms with E-state index in [1.165, 1.54) is 6.07 Å². The Kier molecular flexibility index (Phi) is 6.88. The third kappa shape index (κ3) is 4.78. The van der Waals surface area contributed by atoms with Crippen LogP contribution in [-0.2, 0) is 4.74 Å². The maximum atomic E-state index is 13.7. The van der Waals surface area contributed by atoms with Crippen LogP contribution in [0.15, 0.2) is 42.5 Å². The lowest BCUT2D eigenvalue weighted by Crippen LogP contribution is -2.47. The lowest BCUT2D eigenvalue weighted by molar-refractivity contribution is 0.155. The molecule has 1 saturated carbocycles. The van der Waals surface area contributed by atoms with Crippen LogP contribution in [0.5, 0.6) is 0 Å². The molecule has 1 unspecified atom stereocenters. The highest BCUT2D eigenvalue weighted by Gasteiger charge is 2.41. The Labute approximate surface area is 208 Å². The van der Waals surface area contributed by atoms with Crippen molar-refractivity contribution in [3.63, 3.8) is 0 Å². The molecule has 188 valence electrons. The molecule has 2 atom stereocenters. The van der Waals surface area contributed by atoms with Gasteiger partial charge in [-0.2, -0.15) is 5.26 Å². The zero-order chi connectivity index (χ0) is 25.2. The number of amides is 3. The van der Waals surface area contributed by atoms with Gasteiger partial charge >= 0.3 is 12.1 Å². The highest BCUT2D eigenvalue weighted by atomic mass is 19.2. The first kappa shape index (κ1) is 24.2. The molecule has 9 heteroatoms. The van der Waals surface area contributed by atoms with E-state index in [1.807, 2.05) is 18.2 Å². The summed E-state index contributed by atoms with van der Waals surface area (Å²) in [5.41, 5.74) is 2.20. The molecular formula is C27H28F2N4O3. The lowest BCUT2D eigenvalue weighted by atomic mass is 9.80. The molecule has 2 heterocycles. The van der Waals surface area contributed by atoms with Gasteiger partial charge in [-0.05, 0) is 67.3 Å². The molecule has 0 bridgehead atoms. The van der Waals surface area contributed by atoms with Gasteiger partial charge in [0.05, 0.1) is 11.6 Å². The summed E-state index contributed by atoms with van der Waals surface area (Å²) in [6.07, 6.45) is 4.07. The number of halogens is 2. The number of carbonyl (C=O) groups excluding carboxylic acids is 2. The minimum Gasteiger partial charge on any atom is -0.446 e. The van der Waals surface area contributed by atoms with Gasteiger partial charge in [0.15, 0.2) is 11.6 Å². The molecule has 1 aliphatic carbocycles. The molecule has 3 amide bonds. The van der Waals surface area contributed by atoms with Gasteiger partial charge < -0.3 is 10.1 Å². The van der Waals surface area contributed by atoms with Gasteiger partial charge in [-0.1, -0.05) is 24.3 Å². The average molecular weight is 495 g/mol. The maximum Gasteiger partial charge on any atom is 0.418 e. The minimum absolute atomic E-state index is 0.105. The highest BCUT2D eigenvalue weighted by molar-refractivity contribution is 5.92. The minimum atomic E-state index is -1.04. The van der Waals surface area contributed by atoms with Crippen molar-refractivity contribution in [3.05, 3.63) is 70.8 Å². The monoisotopic (exact) mass is 494 g/mol. The SMILES string of the molecule is N#Cc1ccccc1C1CCC(N2CCC(NC(=O)N3C(=O)OC[C@@H]3c3ccc(F)c(F)c3)C2)CC1. The van der Waals surface area contributed by atoms with E-state index in [4.69, 9.17) is 4.74 Å². The average Bonchev–Trinajstić information content (AvgIpc) is 3.52. The third-order valence-electron chi connectivity index (χ3n) is 7.70. The van der Waals surface area contributed by atoms with Crippen molar-refractivity contribution in [2.24, 2.45) is 0 Å². The summed E-state index contributed by atoms with van der Waals surface area (Å²) in [5, 5.41) is 12.4. The van der Waals surface area contributed by atoms with Gasteiger partial charge in [-0.25, -0.2) is 23.3 Å². The number of nitrogens with zero attached hydrogens (tertiary/aromatic N) is 3. The summed E-state index contributed by atoms with van der Waals surface area (Å²) >= 11 is 0. The van der Waals surface area contributed by atoms with Crippen molar-refractivity contribution in [2.45, 2.75) is 56.1 Å². The van der Waals surface area contributed by atoms with E-state index < -0.39 is 29.8 Å². The Morgan fingerprint density at radius 3 is 2.58 bits per heavy atom. The van der Waals surface area contributed by atoms with Crippen LogP contribution in [0.25, 0.3) is 0 Å². The van der Waals surface area contributed by atoms with E-state index >= 15 is 0 Å². The number of imide groups is 1. The van der Waals surface area contributed by atoms with E-state index in [2.05, 4.69) is 22.4 Å². The van der Waals surface area contributed by atoms with Gasteiger partial charge in [-0.15, -0.1) is 0 Å². The lowest BCUT2D eigenvalue weighted by Gasteiger charge is -2.35. The number of hydrogen-bond donors (Lipinski definition) is 1. The largest absolute Gasteiger partial charge is 0.446 e. The molecule has 7 nitrogen and oxygen atoms in total. The fourth-order valence-electron chi connectivity index (χ4n) is 5.80. The quantitative estimate of drug-likeness (QED) is 0.658. The zero-order valence-corrected chi connectivity index (χ0v) is 19.8. The zero-order valence-electron chi connectivity index (χ0n) is 19.8. The van der Waals surface area contributed by atoms with Crippen LogP contribution in [0, 0.1) is 23.0 Å². The predicted molar refractivity (Wildman–Crippen MR) is 127 cm³/mol. The fourth-order valence-corrected chi connectivity index (χ4v) is 5.80. The molecule has 36 heavy (non-hydrogen) atoms. The highest BCUT2D eigenvalue weighted by Crippen LogP contribution is 2.37. The Morgan fingerprint density at radius 2 is 1.83 bits per heavy atom. The Hall–Kier alpha value is -3.51. The molecule has 0 spiro atoms. The number of urea groups is 1. The van der Waals surface area contributed by atoms with Crippen LogP contribution >= 0.6 is 0 Å². The summed E-state index contributed by atoms with van der Waals surface area (Å²) in [5.74, 6) is -1.64. The predicted octanol–water partition coefficient (Wildman–Crippen LogP) is 4.84. The van der Waals surface area contributed by atoms with Crippen molar-refractivity contribution in [1.82, 2.24) is 15.1 Å². The molecule has 3 fully saturated rings. The number of carbonyl (C=O) groups is 2. The molecule has 0 radical (unpaired) electrons. The van der Waals surface area contributed by atoms with Crippen LogP contribution in [0.3, 0.4) is 0 Å². The molecule has 1 N–H and O–H groups in total. The van der Waals surface area contributed by atoms with E-state index in [-0.39, 0.29) is 12.6 Å². The Bertz CT molecular complexity index is 1190. The number of benzene rings is 2. The summed E-state index contributed by atoms with van der Waals surface area (Å²) in [4.78, 5) is 28.6. The molecule has 2 saturated heterocycles. The number of ether oxygens (including phenoxy) is 1. The molecule has 2 aromatic rings. The topological polar surface area (TPSA) is 85.7 Å². The van der Waals surface area contributed by atoms with E-state index in [0.717, 1.165) is 66.8 Å². The second-order valence-corrected chi connectivity index (χ2v) is 9.77. The first-order valence-corrected chi connectivity index (χ1v) is 12.4. The number of nitriles is 1. The molecule has 2 aromatic carbocycles. The van der Waals surface area contributed by atoms with Crippen molar-refractivity contribution < 1.29 is 23.1 Å². The van der Waals surface area contributed by atoms with E-state index in [1.54, 1.807) is 0 Å². The Balaban J connectivity index is 1.16.